The normalized spacial score (nSPS) is 28.2. The number of benzene rings is 1. The van der Waals surface area contributed by atoms with Crippen LogP contribution in [0.5, 0.6) is 0 Å². The van der Waals surface area contributed by atoms with E-state index >= 15 is 0 Å². The summed E-state index contributed by atoms with van der Waals surface area (Å²) < 4.78 is 52.1. The zero-order chi connectivity index (χ0) is 13.7. The Labute approximate surface area is 101 Å². The van der Waals surface area contributed by atoms with Gasteiger partial charge in [0.15, 0.2) is 0 Å². The van der Waals surface area contributed by atoms with Crippen molar-refractivity contribution in [1.82, 2.24) is 4.90 Å². The van der Waals surface area contributed by atoms with Crippen LogP contribution in [-0.4, -0.2) is 29.7 Å². The minimum absolute atomic E-state index is 0.141. The molecule has 1 aromatic rings. The van der Waals surface area contributed by atoms with E-state index in [-0.39, 0.29) is 5.56 Å². The Morgan fingerprint density at radius 3 is 2.17 bits per heavy atom. The summed E-state index contributed by atoms with van der Waals surface area (Å²) in [6.45, 7) is 1.77. The third-order valence-electron chi connectivity index (χ3n) is 3.20. The average Bonchev–Trinajstić information content (AvgIpc) is 2.29. The lowest BCUT2D eigenvalue weighted by atomic mass is 9.79. The number of carbonyl (C=O) groups is 1. The van der Waals surface area contributed by atoms with Gasteiger partial charge in [0.2, 0.25) is 0 Å². The number of amides is 1. The van der Waals surface area contributed by atoms with Gasteiger partial charge in [0.25, 0.3) is 5.91 Å². The van der Waals surface area contributed by atoms with Crippen molar-refractivity contribution in [3.05, 3.63) is 35.4 Å². The van der Waals surface area contributed by atoms with Crippen molar-refractivity contribution >= 4 is 5.91 Å². The van der Waals surface area contributed by atoms with Gasteiger partial charge < -0.3 is 4.90 Å². The molecule has 0 radical (unpaired) electrons. The second-order valence-electron chi connectivity index (χ2n) is 4.44. The van der Waals surface area contributed by atoms with Crippen molar-refractivity contribution in [3.63, 3.8) is 0 Å². The lowest BCUT2D eigenvalue weighted by Gasteiger charge is -2.49. The second-order valence-corrected chi connectivity index (χ2v) is 4.44. The highest BCUT2D eigenvalue weighted by molar-refractivity contribution is 5.94. The second kappa shape index (κ2) is 3.70. The van der Waals surface area contributed by atoms with Gasteiger partial charge in [-0.3, -0.25) is 4.79 Å². The van der Waals surface area contributed by atoms with Crippen LogP contribution in [0.2, 0.25) is 0 Å². The molecule has 1 aliphatic rings. The van der Waals surface area contributed by atoms with Crippen LogP contribution in [-0.2, 0) is 4.79 Å². The van der Waals surface area contributed by atoms with E-state index in [0.717, 1.165) is 17.5 Å². The Bertz CT molecular complexity index is 482. The minimum Gasteiger partial charge on any atom is -0.331 e. The number of hydrogen-bond acceptors (Lipinski definition) is 1. The number of rotatable bonds is 1. The average molecular weight is 261 g/mol. The number of alkyl halides is 4. The summed E-state index contributed by atoms with van der Waals surface area (Å²) in [5.74, 6) is -1.54. The molecule has 0 bridgehead atoms. The molecule has 2 atom stereocenters. The predicted molar refractivity (Wildman–Crippen MR) is 56.6 cm³/mol. The Morgan fingerprint density at radius 2 is 1.72 bits per heavy atom. The van der Waals surface area contributed by atoms with Crippen LogP contribution in [0.1, 0.15) is 17.2 Å². The van der Waals surface area contributed by atoms with E-state index < -0.39 is 23.8 Å². The summed E-state index contributed by atoms with van der Waals surface area (Å²) >= 11 is 0. The first-order valence-electron chi connectivity index (χ1n) is 5.29. The quantitative estimate of drug-likeness (QED) is 0.562. The summed E-state index contributed by atoms with van der Waals surface area (Å²) in [5.41, 5.74) is -2.82. The molecule has 98 valence electrons. The maximum absolute atomic E-state index is 14.0. The zero-order valence-corrected chi connectivity index (χ0v) is 9.75. The Morgan fingerprint density at radius 1 is 1.22 bits per heavy atom. The van der Waals surface area contributed by atoms with Crippen molar-refractivity contribution in [3.8, 4) is 0 Å². The summed E-state index contributed by atoms with van der Waals surface area (Å²) in [5, 5.41) is 0. The van der Waals surface area contributed by atoms with Crippen LogP contribution >= 0.6 is 0 Å². The lowest BCUT2D eigenvalue weighted by Crippen LogP contribution is -2.70. The molecule has 0 N–H and O–H groups in total. The van der Waals surface area contributed by atoms with Gasteiger partial charge in [0.05, 0.1) is 0 Å². The van der Waals surface area contributed by atoms with E-state index in [4.69, 9.17) is 0 Å². The molecule has 1 fully saturated rings. The number of halogens is 4. The predicted octanol–water partition coefficient (Wildman–Crippen LogP) is 2.78. The largest absolute Gasteiger partial charge is 0.434 e. The van der Waals surface area contributed by atoms with E-state index in [2.05, 4.69) is 0 Å². The Hall–Kier alpha value is -1.59. The van der Waals surface area contributed by atoms with Gasteiger partial charge in [-0.25, -0.2) is 4.39 Å². The monoisotopic (exact) mass is 261 g/mol. The smallest absolute Gasteiger partial charge is 0.331 e. The molecule has 2 nitrogen and oxygen atoms in total. The fourth-order valence-corrected chi connectivity index (χ4v) is 2.17. The fraction of sp³-hybridized carbons (Fsp3) is 0.417. The van der Waals surface area contributed by atoms with Crippen molar-refractivity contribution in [2.75, 3.05) is 7.05 Å². The summed E-state index contributed by atoms with van der Waals surface area (Å²) in [7, 11) is 1.16. The molecule has 0 saturated carbocycles. The lowest BCUT2D eigenvalue weighted by molar-refractivity contribution is -0.274. The first-order chi connectivity index (χ1) is 8.19. The summed E-state index contributed by atoms with van der Waals surface area (Å²) in [6.07, 6.45) is -5.20. The number of aryl methyl sites for hydroxylation is 1. The molecule has 0 aromatic heterocycles. The van der Waals surface area contributed by atoms with Crippen LogP contribution in [0.4, 0.5) is 17.6 Å². The van der Waals surface area contributed by atoms with Crippen LogP contribution in [0.25, 0.3) is 0 Å². The van der Waals surface area contributed by atoms with Crippen LogP contribution in [0.3, 0.4) is 0 Å². The molecule has 0 spiro atoms. The maximum Gasteiger partial charge on any atom is 0.434 e. The SMILES string of the molecule is Cc1ccc([C@H]2N(C)C(=O)[C@]2(F)C(F)(F)F)cc1. The van der Waals surface area contributed by atoms with Gasteiger partial charge in [-0.15, -0.1) is 0 Å². The van der Waals surface area contributed by atoms with Crippen molar-refractivity contribution in [1.29, 1.82) is 0 Å². The van der Waals surface area contributed by atoms with Gasteiger partial charge in [-0.1, -0.05) is 29.8 Å². The highest BCUT2D eigenvalue weighted by Crippen LogP contribution is 2.53. The first-order valence-corrected chi connectivity index (χ1v) is 5.29. The highest BCUT2D eigenvalue weighted by Gasteiger charge is 2.75. The molecule has 1 amide bonds. The third kappa shape index (κ3) is 1.51. The first kappa shape index (κ1) is 12.9. The van der Waals surface area contributed by atoms with E-state index in [1.807, 2.05) is 0 Å². The number of likely N-dealkylation sites (tertiary alicyclic amines) is 1. The van der Waals surface area contributed by atoms with E-state index in [1.165, 1.54) is 12.1 Å². The van der Waals surface area contributed by atoms with Gasteiger partial charge in [-0.05, 0) is 12.5 Å². The van der Waals surface area contributed by atoms with E-state index in [9.17, 15) is 22.4 Å². The molecule has 1 saturated heterocycles. The molecule has 1 aliphatic heterocycles. The highest BCUT2D eigenvalue weighted by atomic mass is 19.4. The fourth-order valence-electron chi connectivity index (χ4n) is 2.17. The molecular weight excluding hydrogens is 250 g/mol. The Balaban J connectivity index is 2.43. The van der Waals surface area contributed by atoms with Gasteiger partial charge in [-0.2, -0.15) is 13.2 Å². The molecule has 1 aromatic carbocycles. The van der Waals surface area contributed by atoms with Crippen molar-refractivity contribution in [2.45, 2.75) is 24.8 Å². The van der Waals surface area contributed by atoms with Crippen LogP contribution < -0.4 is 0 Å². The summed E-state index contributed by atoms with van der Waals surface area (Å²) in [6, 6.07) is 4.38. The molecule has 1 heterocycles. The number of nitrogens with zero attached hydrogens (tertiary/aromatic N) is 1. The number of hydrogen-bond donors (Lipinski definition) is 0. The van der Waals surface area contributed by atoms with E-state index in [0.29, 0.717) is 0 Å². The van der Waals surface area contributed by atoms with Gasteiger partial charge in [0, 0.05) is 7.05 Å². The van der Waals surface area contributed by atoms with Gasteiger partial charge >= 0.3 is 11.8 Å². The van der Waals surface area contributed by atoms with Crippen LogP contribution in [0, 0.1) is 6.92 Å². The molecule has 0 unspecified atom stereocenters. The maximum atomic E-state index is 14.0. The molecule has 0 aliphatic carbocycles. The van der Waals surface area contributed by atoms with Crippen molar-refractivity contribution < 1.29 is 22.4 Å². The standard InChI is InChI=1S/C12H11F4NO/c1-7-3-5-8(6-4-7)9-11(13,12(14,15)16)10(18)17(9)2/h3-6,9H,1-2H3/t9-,11+/m1/s1. The minimum atomic E-state index is -5.20. The Kier molecular flexibility index (Phi) is 2.64. The molecule has 18 heavy (non-hydrogen) atoms. The molecular formula is C12H11F4NO. The zero-order valence-electron chi connectivity index (χ0n) is 9.75. The topological polar surface area (TPSA) is 20.3 Å². The molecule has 6 heteroatoms. The van der Waals surface area contributed by atoms with Gasteiger partial charge in [0.1, 0.15) is 6.04 Å². The van der Waals surface area contributed by atoms with Crippen LogP contribution in [0.15, 0.2) is 24.3 Å². The third-order valence-corrected chi connectivity index (χ3v) is 3.20. The summed E-state index contributed by atoms with van der Waals surface area (Å²) in [4.78, 5) is 12.0. The number of carbonyl (C=O) groups excluding carboxylic acids is 1. The van der Waals surface area contributed by atoms with E-state index in [1.54, 1.807) is 19.1 Å². The number of β-lactam (4-membered cyclic amide) rings is 1. The molecule has 2 rings (SSSR count). The van der Waals surface area contributed by atoms with Crippen molar-refractivity contribution in [2.24, 2.45) is 0 Å².